The molecule has 0 saturated carbocycles. The summed E-state index contributed by atoms with van der Waals surface area (Å²) in [6, 6.07) is 6.12. The van der Waals surface area contributed by atoms with Gasteiger partial charge in [-0.3, -0.25) is 14.4 Å². The van der Waals surface area contributed by atoms with E-state index in [1.165, 1.54) is 6.07 Å². The molecule has 17 heavy (non-hydrogen) atoms. The van der Waals surface area contributed by atoms with E-state index >= 15 is 0 Å². The first-order valence-corrected chi connectivity index (χ1v) is 6.81. The molecule has 7 heteroatoms. The van der Waals surface area contributed by atoms with Crippen LogP contribution in [-0.4, -0.2) is 27.2 Å². The summed E-state index contributed by atoms with van der Waals surface area (Å²) in [7, 11) is -3.35. The Morgan fingerprint density at radius 3 is 2.71 bits per heavy atom. The van der Waals surface area contributed by atoms with Crippen LogP contribution in [-0.2, 0) is 14.9 Å². The lowest BCUT2D eigenvalue weighted by atomic mass is 10.2. The summed E-state index contributed by atoms with van der Waals surface area (Å²) in [5.74, 6) is -0.427. The average Bonchev–Trinajstić information content (AvgIpc) is 2.24. The molecule has 0 unspecified atom stereocenters. The molecule has 0 aromatic heterocycles. The Balaban J connectivity index is 2.82. The number of nitrogens with one attached hydrogen (secondary N) is 2. The van der Waals surface area contributed by atoms with Gasteiger partial charge in [-0.25, -0.2) is 13.9 Å². The second kappa shape index (κ2) is 5.65. The number of amides is 1. The van der Waals surface area contributed by atoms with Gasteiger partial charge in [0.1, 0.15) is 0 Å². The lowest BCUT2D eigenvalue weighted by molar-refractivity contribution is 0.0364. The molecule has 94 valence electrons. The van der Waals surface area contributed by atoms with Crippen LogP contribution in [0.2, 0.25) is 0 Å². The van der Waals surface area contributed by atoms with Crippen LogP contribution in [0.4, 0.5) is 5.69 Å². The van der Waals surface area contributed by atoms with Crippen molar-refractivity contribution in [1.29, 1.82) is 0 Å². The van der Waals surface area contributed by atoms with Crippen LogP contribution in [0.1, 0.15) is 17.3 Å². The summed E-state index contributed by atoms with van der Waals surface area (Å²) in [6.45, 7) is 2.09. The highest BCUT2D eigenvalue weighted by Gasteiger charge is 2.07. The van der Waals surface area contributed by atoms with Crippen LogP contribution < -0.4 is 10.2 Å². The summed E-state index contributed by atoms with van der Waals surface area (Å²) in [5, 5.41) is 0. The van der Waals surface area contributed by atoms with Crippen LogP contribution >= 0.6 is 0 Å². The molecule has 0 atom stereocenters. The molecular weight excluding hydrogens is 244 g/mol. The smallest absolute Gasteiger partial charge is 0.274 e. The van der Waals surface area contributed by atoms with Gasteiger partial charge in [0.15, 0.2) is 0 Å². The first kappa shape index (κ1) is 13.5. The van der Waals surface area contributed by atoms with E-state index in [2.05, 4.69) is 10.2 Å². The maximum Gasteiger partial charge on any atom is 0.274 e. The van der Waals surface area contributed by atoms with E-state index in [1.807, 2.05) is 0 Å². The normalized spacial score (nSPS) is 10.9. The second-order valence-corrected chi connectivity index (χ2v) is 5.07. The molecule has 2 N–H and O–H groups in total. The van der Waals surface area contributed by atoms with E-state index in [-0.39, 0.29) is 0 Å². The third kappa shape index (κ3) is 4.83. The molecule has 1 rings (SSSR count). The van der Waals surface area contributed by atoms with Gasteiger partial charge in [-0.1, -0.05) is 6.07 Å². The Hall–Kier alpha value is -1.60. The van der Waals surface area contributed by atoms with Crippen molar-refractivity contribution in [2.24, 2.45) is 0 Å². The number of hydrogen-bond donors (Lipinski definition) is 2. The summed E-state index contributed by atoms with van der Waals surface area (Å²) in [4.78, 5) is 16.3. The largest absolute Gasteiger partial charge is 0.284 e. The molecule has 6 nitrogen and oxygen atoms in total. The van der Waals surface area contributed by atoms with Gasteiger partial charge in [0.25, 0.3) is 5.91 Å². The van der Waals surface area contributed by atoms with Gasteiger partial charge >= 0.3 is 0 Å². The topological polar surface area (TPSA) is 84.5 Å². The molecule has 0 bridgehead atoms. The molecule has 1 aromatic rings. The van der Waals surface area contributed by atoms with Crippen molar-refractivity contribution >= 4 is 21.6 Å². The highest BCUT2D eigenvalue weighted by Crippen LogP contribution is 2.11. The quantitative estimate of drug-likeness (QED) is 0.763. The number of hydrogen-bond acceptors (Lipinski definition) is 4. The molecule has 0 saturated heterocycles. The van der Waals surface area contributed by atoms with E-state index in [9.17, 15) is 13.2 Å². The van der Waals surface area contributed by atoms with Crippen LogP contribution in [0.25, 0.3) is 0 Å². The third-order valence-electron chi connectivity index (χ3n) is 1.74. The van der Waals surface area contributed by atoms with E-state index in [0.717, 1.165) is 6.26 Å². The standard InChI is InChI=1S/C10H14N2O4S/c1-3-16-11-10(13)8-5-4-6-9(7-8)12-17(2,14)15/h4-7,12H,3H2,1-2H3,(H,11,13). The zero-order valence-electron chi connectivity index (χ0n) is 9.56. The highest BCUT2D eigenvalue weighted by atomic mass is 32.2. The highest BCUT2D eigenvalue weighted by molar-refractivity contribution is 7.92. The zero-order valence-corrected chi connectivity index (χ0v) is 10.4. The number of carbonyl (C=O) groups excluding carboxylic acids is 1. The molecule has 0 spiro atoms. The van der Waals surface area contributed by atoms with Gasteiger partial charge in [0.2, 0.25) is 10.0 Å². The minimum atomic E-state index is -3.35. The number of anilines is 1. The van der Waals surface area contributed by atoms with Gasteiger partial charge < -0.3 is 0 Å². The first-order valence-electron chi connectivity index (χ1n) is 4.92. The number of hydroxylamine groups is 1. The monoisotopic (exact) mass is 258 g/mol. The molecule has 1 aromatic carbocycles. The molecule has 0 aliphatic rings. The fraction of sp³-hybridized carbons (Fsp3) is 0.300. The molecule has 0 aliphatic heterocycles. The summed E-state index contributed by atoms with van der Waals surface area (Å²) in [6.07, 6.45) is 1.04. The summed E-state index contributed by atoms with van der Waals surface area (Å²) < 4.78 is 24.3. The molecule has 0 radical (unpaired) electrons. The number of sulfonamides is 1. The predicted octanol–water partition coefficient (Wildman–Crippen LogP) is 0.739. The van der Waals surface area contributed by atoms with Crippen LogP contribution in [0, 0.1) is 0 Å². The van der Waals surface area contributed by atoms with Gasteiger partial charge in [-0.15, -0.1) is 0 Å². The van der Waals surface area contributed by atoms with Gasteiger partial charge in [-0.05, 0) is 25.1 Å². The number of rotatable bonds is 5. The Labute approximate surface area is 100.0 Å². The first-order chi connectivity index (χ1) is 7.92. The van der Waals surface area contributed by atoms with Gasteiger partial charge in [0, 0.05) is 11.3 Å². The van der Waals surface area contributed by atoms with Crippen molar-refractivity contribution in [3.05, 3.63) is 29.8 Å². The van der Waals surface area contributed by atoms with Crippen molar-refractivity contribution in [3.8, 4) is 0 Å². The van der Waals surface area contributed by atoms with Crippen molar-refractivity contribution < 1.29 is 18.0 Å². The maximum absolute atomic E-state index is 11.5. The summed E-state index contributed by atoms with van der Waals surface area (Å²) >= 11 is 0. The van der Waals surface area contributed by atoms with Crippen LogP contribution in [0.3, 0.4) is 0 Å². The lowest BCUT2D eigenvalue weighted by Crippen LogP contribution is -2.23. The van der Waals surface area contributed by atoms with Crippen molar-refractivity contribution in [2.45, 2.75) is 6.92 Å². The summed E-state index contributed by atoms with van der Waals surface area (Å²) in [5.41, 5.74) is 2.86. The average molecular weight is 258 g/mol. The number of carbonyl (C=O) groups is 1. The van der Waals surface area contributed by atoms with E-state index in [1.54, 1.807) is 25.1 Å². The zero-order chi connectivity index (χ0) is 12.9. The van der Waals surface area contributed by atoms with E-state index in [0.29, 0.717) is 17.9 Å². The Bertz CT molecular complexity index is 499. The molecule has 1 amide bonds. The second-order valence-electron chi connectivity index (χ2n) is 3.32. The van der Waals surface area contributed by atoms with Crippen LogP contribution in [0.15, 0.2) is 24.3 Å². The Morgan fingerprint density at radius 1 is 1.41 bits per heavy atom. The molecule has 0 aliphatic carbocycles. The molecule has 0 heterocycles. The molecular formula is C10H14N2O4S. The van der Waals surface area contributed by atoms with Crippen molar-refractivity contribution in [3.63, 3.8) is 0 Å². The predicted molar refractivity (Wildman–Crippen MR) is 64.0 cm³/mol. The van der Waals surface area contributed by atoms with Gasteiger partial charge in [-0.2, -0.15) is 0 Å². The van der Waals surface area contributed by atoms with Gasteiger partial charge in [0.05, 0.1) is 12.9 Å². The Morgan fingerprint density at radius 2 is 2.12 bits per heavy atom. The SMILES string of the molecule is CCONC(=O)c1cccc(NS(C)(=O)=O)c1. The minimum Gasteiger partial charge on any atom is -0.284 e. The maximum atomic E-state index is 11.5. The molecule has 0 fully saturated rings. The lowest BCUT2D eigenvalue weighted by Gasteiger charge is -2.07. The van der Waals surface area contributed by atoms with E-state index in [4.69, 9.17) is 4.84 Å². The fourth-order valence-electron chi connectivity index (χ4n) is 1.13. The third-order valence-corrected chi connectivity index (χ3v) is 2.34. The number of benzene rings is 1. The minimum absolute atomic E-state index is 0.312. The van der Waals surface area contributed by atoms with Crippen molar-refractivity contribution in [2.75, 3.05) is 17.6 Å². The Kier molecular flexibility index (Phi) is 4.47. The van der Waals surface area contributed by atoms with E-state index < -0.39 is 15.9 Å². The van der Waals surface area contributed by atoms with Crippen LogP contribution in [0.5, 0.6) is 0 Å². The fourth-order valence-corrected chi connectivity index (χ4v) is 1.69. The van der Waals surface area contributed by atoms with Crippen molar-refractivity contribution in [1.82, 2.24) is 5.48 Å².